The van der Waals surface area contributed by atoms with E-state index in [-0.39, 0.29) is 24.4 Å². The number of hydrogen-bond acceptors (Lipinski definition) is 7. The quantitative estimate of drug-likeness (QED) is 0.351. The van der Waals surface area contributed by atoms with Gasteiger partial charge < -0.3 is 15.7 Å². The van der Waals surface area contributed by atoms with Crippen LogP contribution in [0.1, 0.15) is 25.8 Å². The summed E-state index contributed by atoms with van der Waals surface area (Å²) in [4.78, 5) is 45.4. The minimum atomic E-state index is -1.19. The fraction of sp³-hybridized carbons (Fsp3) is 0.333. The van der Waals surface area contributed by atoms with Crippen LogP contribution >= 0.6 is 0 Å². The highest BCUT2D eigenvalue weighted by molar-refractivity contribution is 5.89. The number of aliphatic carboxylic acids is 1. The molecule has 0 fully saturated rings. The van der Waals surface area contributed by atoms with E-state index in [1.54, 1.807) is 30.3 Å². The lowest BCUT2D eigenvalue weighted by Crippen LogP contribution is -2.49. The molecular formula is C21H24N4O7. The number of benzene rings is 2. The Morgan fingerprint density at radius 3 is 2.19 bits per heavy atom. The SMILES string of the molecule is CC(C)CC(NC(=O)C(Cc1ccccc1)Nc1ccc([N+](=O)[O-])cc1[N+](=O)[O-])C(=O)O. The summed E-state index contributed by atoms with van der Waals surface area (Å²) in [6, 6.07) is 9.69. The number of carbonyl (C=O) groups is 2. The number of nitrogens with one attached hydrogen (secondary N) is 2. The first-order chi connectivity index (χ1) is 15.1. The van der Waals surface area contributed by atoms with E-state index in [0.29, 0.717) is 0 Å². The van der Waals surface area contributed by atoms with Gasteiger partial charge in [0, 0.05) is 12.5 Å². The molecule has 11 heteroatoms. The van der Waals surface area contributed by atoms with Gasteiger partial charge in [0.15, 0.2) is 0 Å². The first-order valence-electron chi connectivity index (χ1n) is 9.85. The van der Waals surface area contributed by atoms with Crippen LogP contribution < -0.4 is 10.6 Å². The van der Waals surface area contributed by atoms with Crippen LogP contribution in [-0.2, 0) is 16.0 Å². The molecule has 0 aliphatic rings. The maximum atomic E-state index is 13.0. The molecule has 170 valence electrons. The number of hydrogen-bond donors (Lipinski definition) is 3. The van der Waals surface area contributed by atoms with Gasteiger partial charge in [-0.2, -0.15) is 0 Å². The highest BCUT2D eigenvalue weighted by atomic mass is 16.6. The number of carbonyl (C=O) groups excluding carboxylic acids is 1. The smallest absolute Gasteiger partial charge is 0.326 e. The zero-order valence-corrected chi connectivity index (χ0v) is 17.6. The second kappa shape index (κ2) is 10.8. The molecule has 0 heterocycles. The molecule has 0 aliphatic heterocycles. The zero-order chi connectivity index (χ0) is 23.8. The van der Waals surface area contributed by atoms with Gasteiger partial charge in [0.05, 0.1) is 15.9 Å². The van der Waals surface area contributed by atoms with Crippen molar-refractivity contribution in [2.75, 3.05) is 5.32 Å². The van der Waals surface area contributed by atoms with Gasteiger partial charge in [-0.1, -0.05) is 44.2 Å². The number of amides is 1. The third-order valence-corrected chi connectivity index (χ3v) is 4.64. The van der Waals surface area contributed by atoms with E-state index in [9.17, 15) is 34.9 Å². The molecule has 2 aromatic rings. The summed E-state index contributed by atoms with van der Waals surface area (Å²) in [5, 5.41) is 37.1. The maximum Gasteiger partial charge on any atom is 0.326 e. The summed E-state index contributed by atoms with van der Waals surface area (Å²) >= 11 is 0. The Morgan fingerprint density at radius 1 is 1.00 bits per heavy atom. The van der Waals surface area contributed by atoms with Gasteiger partial charge in [-0.25, -0.2) is 4.79 Å². The second-order valence-electron chi connectivity index (χ2n) is 7.63. The Morgan fingerprint density at radius 2 is 1.66 bits per heavy atom. The fourth-order valence-corrected chi connectivity index (χ4v) is 3.12. The van der Waals surface area contributed by atoms with Crippen LogP contribution in [0.3, 0.4) is 0 Å². The van der Waals surface area contributed by atoms with Gasteiger partial charge in [0.25, 0.3) is 11.4 Å². The summed E-state index contributed by atoms with van der Waals surface area (Å²) in [7, 11) is 0. The zero-order valence-electron chi connectivity index (χ0n) is 17.6. The summed E-state index contributed by atoms with van der Waals surface area (Å²) in [6.07, 6.45) is 0.311. The molecule has 0 saturated carbocycles. The Labute approximate surface area is 183 Å². The molecule has 32 heavy (non-hydrogen) atoms. The van der Waals surface area contributed by atoms with Crippen molar-refractivity contribution in [3.8, 4) is 0 Å². The number of nitro benzene ring substituents is 2. The number of carboxylic acids is 1. The van der Waals surface area contributed by atoms with Crippen LogP contribution in [0.2, 0.25) is 0 Å². The van der Waals surface area contributed by atoms with Gasteiger partial charge in [0.1, 0.15) is 17.8 Å². The first kappa shape index (κ1) is 24.3. The normalized spacial score (nSPS) is 12.6. The summed E-state index contributed by atoms with van der Waals surface area (Å²) in [6.45, 7) is 3.64. The van der Waals surface area contributed by atoms with E-state index in [1.807, 2.05) is 13.8 Å². The first-order valence-corrected chi connectivity index (χ1v) is 9.85. The lowest BCUT2D eigenvalue weighted by molar-refractivity contribution is -0.393. The number of carboxylic acid groups (broad SMARTS) is 1. The molecule has 3 N–H and O–H groups in total. The standard InChI is InChI=1S/C21H24N4O7/c1-13(2)10-18(21(27)28)23-20(26)17(11-14-6-4-3-5-7-14)22-16-9-8-15(24(29)30)12-19(16)25(31)32/h3-9,12-13,17-18,22H,10-11H2,1-2H3,(H,23,26)(H,27,28). The average molecular weight is 444 g/mol. The number of non-ortho nitro benzene ring substituents is 1. The molecule has 0 spiro atoms. The highest BCUT2D eigenvalue weighted by Gasteiger charge is 2.28. The predicted molar refractivity (Wildman–Crippen MR) is 116 cm³/mol. The predicted octanol–water partition coefficient (Wildman–Crippen LogP) is 3.14. The monoisotopic (exact) mass is 444 g/mol. The Bertz CT molecular complexity index is 995. The van der Waals surface area contributed by atoms with Crippen LogP contribution in [-0.4, -0.2) is 38.9 Å². The van der Waals surface area contributed by atoms with E-state index in [2.05, 4.69) is 10.6 Å². The lowest BCUT2D eigenvalue weighted by Gasteiger charge is -2.23. The summed E-state index contributed by atoms with van der Waals surface area (Å²) < 4.78 is 0. The highest BCUT2D eigenvalue weighted by Crippen LogP contribution is 2.30. The van der Waals surface area contributed by atoms with Gasteiger partial charge >= 0.3 is 5.97 Å². The van der Waals surface area contributed by atoms with Crippen LogP contribution in [0.4, 0.5) is 17.1 Å². The van der Waals surface area contributed by atoms with Crippen LogP contribution in [0.25, 0.3) is 0 Å². The molecule has 0 bridgehead atoms. The van der Waals surface area contributed by atoms with E-state index in [4.69, 9.17) is 0 Å². The number of nitro groups is 2. The molecule has 0 saturated heterocycles. The van der Waals surface area contributed by atoms with E-state index in [0.717, 1.165) is 23.8 Å². The van der Waals surface area contributed by atoms with Crippen molar-refractivity contribution in [2.24, 2.45) is 5.92 Å². The number of rotatable bonds is 11. The van der Waals surface area contributed by atoms with Crippen LogP contribution in [0.15, 0.2) is 48.5 Å². The minimum absolute atomic E-state index is 0.00712. The van der Waals surface area contributed by atoms with Crippen molar-refractivity contribution in [1.29, 1.82) is 0 Å². The van der Waals surface area contributed by atoms with E-state index < -0.39 is 45.2 Å². The molecule has 2 unspecified atom stereocenters. The van der Waals surface area contributed by atoms with Crippen LogP contribution in [0, 0.1) is 26.1 Å². The molecule has 0 aliphatic carbocycles. The molecule has 2 atom stereocenters. The lowest BCUT2D eigenvalue weighted by atomic mass is 10.0. The molecule has 11 nitrogen and oxygen atoms in total. The van der Waals surface area contributed by atoms with Gasteiger partial charge in [-0.15, -0.1) is 0 Å². The second-order valence-corrected chi connectivity index (χ2v) is 7.63. The Kier molecular flexibility index (Phi) is 8.22. The third-order valence-electron chi connectivity index (χ3n) is 4.64. The fourth-order valence-electron chi connectivity index (χ4n) is 3.12. The topological polar surface area (TPSA) is 165 Å². The molecule has 2 rings (SSSR count). The average Bonchev–Trinajstić information content (AvgIpc) is 2.73. The third kappa shape index (κ3) is 6.76. The van der Waals surface area contributed by atoms with Crippen molar-refractivity contribution in [1.82, 2.24) is 5.32 Å². The van der Waals surface area contributed by atoms with E-state index in [1.165, 1.54) is 0 Å². The van der Waals surface area contributed by atoms with Gasteiger partial charge in [-0.05, 0) is 24.0 Å². The van der Waals surface area contributed by atoms with Crippen molar-refractivity contribution < 1.29 is 24.5 Å². The number of anilines is 1. The minimum Gasteiger partial charge on any atom is -0.480 e. The molecule has 2 aromatic carbocycles. The van der Waals surface area contributed by atoms with E-state index >= 15 is 0 Å². The largest absolute Gasteiger partial charge is 0.480 e. The van der Waals surface area contributed by atoms with Gasteiger partial charge in [0.2, 0.25) is 5.91 Å². The summed E-state index contributed by atoms with van der Waals surface area (Å²) in [5.41, 5.74) is -0.385. The van der Waals surface area contributed by atoms with Crippen molar-refractivity contribution in [2.45, 2.75) is 38.8 Å². The Balaban J connectivity index is 2.37. The summed E-state index contributed by atoms with van der Waals surface area (Å²) in [5.74, 6) is -1.84. The molecule has 0 radical (unpaired) electrons. The number of nitrogens with zero attached hydrogens (tertiary/aromatic N) is 2. The van der Waals surface area contributed by atoms with Crippen molar-refractivity contribution in [3.63, 3.8) is 0 Å². The van der Waals surface area contributed by atoms with Crippen molar-refractivity contribution >= 4 is 28.9 Å². The van der Waals surface area contributed by atoms with Gasteiger partial charge in [-0.3, -0.25) is 25.0 Å². The molecular weight excluding hydrogens is 420 g/mol. The van der Waals surface area contributed by atoms with Crippen LogP contribution in [0.5, 0.6) is 0 Å². The molecule has 0 aromatic heterocycles. The maximum absolute atomic E-state index is 13.0. The van der Waals surface area contributed by atoms with Crippen molar-refractivity contribution in [3.05, 3.63) is 74.3 Å². The Hall–Kier alpha value is -4.02. The molecule has 1 amide bonds.